The fourth-order valence-electron chi connectivity index (χ4n) is 1.71. The van der Waals surface area contributed by atoms with E-state index in [1.165, 1.54) is 35.0 Å². The maximum absolute atomic E-state index is 3.51. The first-order valence-corrected chi connectivity index (χ1v) is 6.05. The Morgan fingerprint density at radius 3 is 2.79 bits per heavy atom. The Hall–Kier alpha value is -0.500. The molecule has 0 aliphatic heterocycles. The van der Waals surface area contributed by atoms with Crippen LogP contribution in [0.15, 0.2) is 22.7 Å². The normalized spacial score (nSPS) is 16.4. The summed E-state index contributed by atoms with van der Waals surface area (Å²) in [5.74, 6) is 0.916. The van der Waals surface area contributed by atoms with Gasteiger partial charge in [0.15, 0.2) is 0 Å². The first-order chi connectivity index (χ1) is 6.75. The highest BCUT2D eigenvalue weighted by Crippen LogP contribution is 2.27. The molecular weight excluding hydrogens is 238 g/mol. The van der Waals surface area contributed by atoms with Crippen molar-refractivity contribution in [2.24, 2.45) is 5.92 Å². The Labute approximate surface area is 94.0 Å². The van der Waals surface area contributed by atoms with Gasteiger partial charge in [-0.15, -0.1) is 0 Å². The average molecular weight is 254 g/mol. The highest BCUT2D eigenvalue weighted by atomic mass is 79.9. The summed E-state index contributed by atoms with van der Waals surface area (Å²) in [5.41, 5.74) is 2.54. The zero-order chi connectivity index (χ0) is 9.97. The van der Waals surface area contributed by atoms with Gasteiger partial charge in [0, 0.05) is 16.7 Å². The van der Waals surface area contributed by atoms with Gasteiger partial charge in [0.2, 0.25) is 0 Å². The van der Waals surface area contributed by atoms with E-state index in [9.17, 15) is 0 Å². The Balaban J connectivity index is 1.91. The van der Waals surface area contributed by atoms with Gasteiger partial charge in [-0.3, -0.25) is 0 Å². The SMILES string of the molecule is Cc1cc(NCC2CCC2)ccc1Br. The van der Waals surface area contributed by atoms with Crippen LogP contribution in [-0.2, 0) is 0 Å². The average Bonchev–Trinajstić information content (AvgIpc) is 2.08. The molecule has 2 heteroatoms. The van der Waals surface area contributed by atoms with E-state index in [2.05, 4.69) is 46.4 Å². The molecule has 1 fully saturated rings. The lowest BCUT2D eigenvalue weighted by Crippen LogP contribution is -2.20. The third-order valence-electron chi connectivity index (χ3n) is 2.98. The zero-order valence-electron chi connectivity index (χ0n) is 8.52. The Bertz CT molecular complexity index is 318. The summed E-state index contributed by atoms with van der Waals surface area (Å²) in [5, 5.41) is 3.49. The molecule has 1 aliphatic rings. The van der Waals surface area contributed by atoms with E-state index in [0.717, 1.165) is 12.5 Å². The largest absolute Gasteiger partial charge is 0.385 e. The van der Waals surface area contributed by atoms with E-state index in [-0.39, 0.29) is 0 Å². The summed E-state index contributed by atoms with van der Waals surface area (Å²) in [7, 11) is 0. The van der Waals surface area contributed by atoms with Crippen LogP contribution in [0.5, 0.6) is 0 Å². The van der Waals surface area contributed by atoms with Crippen LogP contribution in [0, 0.1) is 12.8 Å². The summed E-state index contributed by atoms with van der Waals surface area (Å²) < 4.78 is 1.19. The van der Waals surface area contributed by atoms with Crippen LogP contribution in [0.2, 0.25) is 0 Å². The zero-order valence-corrected chi connectivity index (χ0v) is 10.1. The molecule has 0 spiro atoms. The van der Waals surface area contributed by atoms with Crippen molar-refractivity contribution >= 4 is 21.6 Å². The van der Waals surface area contributed by atoms with E-state index in [1.54, 1.807) is 0 Å². The molecule has 14 heavy (non-hydrogen) atoms. The monoisotopic (exact) mass is 253 g/mol. The van der Waals surface area contributed by atoms with Crippen molar-refractivity contribution in [1.29, 1.82) is 0 Å². The van der Waals surface area contributed by atoms with Crippen molar-refractivity contribution in [3.05, 3.63) is 28.2 Å². The van der Waals surface area contributed by atoms with Crippen molar-refractivity contribution in [2.75, 3.05) is 11.9 Å². The highest BCUT2D eigenvalue weighted by Gasteiger charge is 2.16. The molecule has 0 amide bonds. The van der Waals surface area contributed by atoms with Gasteiger partial charge in [0.1, 0.15) is 0 Å². The van der Waals surface area contributed by atoms with Gasteiger partial charge in [-0.2, -0.15) is 0 Å². The molecule has 0 saturated heterocycles. The van der Waals surface area contributed by atoms with Gasteiger partial charge >= 0.3 is 0 Å². The van der Waals surface area contributed by atoms with Crippen LogP contribution in [-0.4, -0.2) is 6.54 Å². The molecule has 0 unspecified atom stereocenters. The first kappa shape index (κ1) is 10.0. The van der Waals surface area contributed by atoms with Gasteiger partial charge in [-0.05, 0) is 49.4 Å². The number of nitrogens with one attached hydrogen (secondary N) is 1. The molecule has 0 atom stereocenters. The lowest BCUT2D eigenvalue weighted by molar-refractivity contribution is 0.333. The third-order valence-corrected chi connectivity index (χ3v) is 3.87. The fourth-order valence-corrected chi connectivity index (χ4v) is 1.96. The van der Waals surface area contributed by atoms with Crippen LogP contribution in [0.4, 0.5) is 5.69 Å². The number of anilines is 1. The number of hydrogen-bond acceptors (Lipinski definition) is 1. The van der Waals surface area contributed by atoms with E-state index < -0.39 is 0 Å². The minimum atomic E-state index is 0.916. The molecule has 1 aromatic rings. The molecule has 1 N–H and O–H groups in total. The van der Waals surface area contributed by atoms with Crippen LogP contribution in [0.25, 0.3) is 0 Å². The first-order valence-electron chi connectivity index (χ1n) is 5.26. The number of aryl methyl sites for hydroxylation is 1. The van der Waals surface area contributed by atoms with Crippen molar-refractivity contribution in [3.63, 3.8) is 0 Å². The molecule has 0 heterocycles. The molecule has 0 bridgehead atoms. The van der Waals surface area contributed by atoms with Gasteiger partial charge < -0.3 is 5.32 Å². The van der Waals surface area contributed by atoms with E-state index >= 15 is 0 Å². The summed E-state index contributed by atoms with van der Waals surface area (Å²) in [6, 6.07) is 6.44. The summed E-state index contributed by atoms with van der Waals surface area (Å²) in [6.07, 6.45) is 4.23. The lowest BCUT2D eigenvalue weighted by atomic mass is 9.85. The second-order valence-electron chi connectivity index (χ2n) is 4.14. The number of halogens is 1. The summed E-state index contributed by atoms with van der Waals surface area (Å²) in [4.78, 5) is 0. The van der Waals surface area contributed by atoms with Crippen molar-refractivity contribution < 1.29 is 0 Å². The summed E-state index contributed by atoms with van der Waals surface area (Å²) in [6.45, 7) is 3.26. The summed E-state index contributed by atoms with van der Waals surface area (Å²) >= 11 is 3.51. The standard InChI is InChI=1S/C12H16BrN/c1-9-7-11(5-6-12(9)13)14-8-10-3-2-4-10/h5-7,10,14H,2-4,8H2,1H3. The minimum absolute atomic E-state index is 0.916. The second-order valence-corrected chi connectivity index (χ2v) is 5.00. The third kappa shape index (κ3) is 2.30. The van der Waals surface area contributed by atoms with E-state index in [0.29, 0.717) is 0 Å². The Morgan fingerprint density at radius 1 is 1.43 bits per heavy atom. The highest BCUT2D eigenvalue weighted by molar-refractivity contribution is 9.10. The molecule has 1 saturated carbocycles. The van der Waals surface area contributed by atoms with Crippen LogP contribution in [0.1, 0.15) is 24.8 Å². The number of benzene rings is 1. The lowest BCUT2D eigenvalue weighted by Gasteiger charge is -2.25. The Morgan fingerprint density at radius 2 is 2.21 bits per heavy atom. The predicted octanol–water partition coefficient (Wildman–Crippen LogP) is 3.97. The Kier molecular flexibility index (Phi) is 3.12. The minimum Gasteiger partial charge on any atom is -0.385 e. The van der Waals surface area contributed by atoms with Crippen molar-refractivity contribution in [2.45, 2.75) is 26.2 Å². The molecule has 0 radical (unpaired) electrons. The fraction of sp³-hybridized carbons (Fsp3) is 0.500. The quantitative estimate of drug-likeness (QED) is 0.860. The molecule has 76 valence electrons. The van der Waals surface area contributed by atoms with E-state index in [4.69, 9.17) is 0 Å². The predicted molar refractivity (Wildman–Crippen MR) is 64.7 cm³/mol. The number of rotatable bonds is 3. The van der Waals surface area contributed by atoms with Gasteiger partial charge in [-0.25, -0.2) is 0 Å². The van der Waals surface area contributed by atoms with Gasteiger partial charge in [0.05, 0.1) is 0 Å². The van der Waals surface area contributed by atoms with Crippen molar-refractivity contribution in [3.8, 4) is 0 Å². The van der Waals surface area contributed by atoms with Crippen LogP contribution >= 0.6 is 15.9 Å². The van der Waals surface area contributed by atoms with Gasteiger partial charge in [-0.1, -0.05) is 22.4 Å². The molecule has 1 nitrogen and oxygen atoms in total. The van der Waals surface area contributed by atoms with Crippen LogP contribution in [0.3, 0.4) is 0 Å². The second kappa shape index (κ2) is 4.35. The number of hydrogen-bond donors (Lipinski definition) is 1. The smallest absolute Gasteiger partial charge is 0.0343 e. The van der Waals surface area contributed by atoms with Crippen molar-refractivity contribution in [1.82, 2.24) is 0 Å². The molecular formula is C12H16BrN. The van der Waals surface area contributed by atoms with E-state index in [1.807, 2.05) is 0 Å². The maximum Gasteiger partial charge on any atom is 0.0343 e. The molecule has 1 aliphatic carbocycles. The molecule has 2 rings (SSSR count). The van der Waals surface area contributed by atoms with Crippen LogP contribution < -0.4 is 5.32 Å². The van der Waals surface area contributed by atoms with Gasteiger partial charge in [0.25, 0.3) is 0 Å². The molecule has 0 aromatic heterocycles. The molecule has 1 aromatic carbocycles. The topological polar surface area (TPSA) is 12.0 Å². The maximum atomic E-state index is 3.51.